The molecule has 0 fully saturated rings. The molecule has 1 heterocycles. The number of hydrogen-bond acceptors (Lipinski definition) is 4. The number of ether oxygens (including phenoxy) is 1. The molecule has 18 heavy (non-hydrogen) atoms. The van der Waals surface area contributed by atoms with E-state index in [1.165, 1.54) is 12.4 Å². The van der Waals surface area contributed by atoms with E-state index in [1.807, 2.05) is 30.3 Å². The molecule has 1 aromatic heterocycles. The van der Waals surface area contributed by atoms with Crippen LogP contribution in [0, 0.1) is 0 Å². The number of anilines is 1. The van der Waals surface area contributed by atoms with E-state index in [0.717, 1.165) is 5.56 Å². The lowest BCUT2D eigenvalue weighted by atomic mass is 10.0. The van der Waals surface area contributed by atoms with Gasteiger partial charge in [-0.15, -0.1) is 0 Å². The molecule has 0 aliphatic heterocycles. The molecular weight excluding hydrogens is 228 g/mol. The maximum Gasteiger partial charge on any atom is 0.340 e. The Morgan fingerprint density at radius 2 is 2.00 bits per heavy atom. The van der Waals surface area contributed by atoms with Crippen LogP contribution in [0.25, 0.3) is 11.1 Å². The topological polar surface area (TPSA) is 65.2 Å². The van der Waals surface area contributed by atoms with E-state index in [2.05, 4.69) is 4.98 Å². The van der Waals surface area contributed by atoms with Crippen LogP contribution in [0.4, 0.5) is 5.69 Å². The fourth-order valence-electron chi connectivity index (χ4n) is 1.77. The lowest BCUT2D eigenvalue weighted by Gasteiger charge is -2.10. The van der Waals surface area contributed by atoms with Crippen molar-refractivity contribution in [3.63, 3.8) is 0 Å². The minimum absolute atomic E-state index is 0.321. The summed E-state index contributed by atoms with van der Waals surface area (Å²) in [6.07, 6.45) is 3.02. The van der Waals surface area contributed by atoms with Gasteiger partial charge in [0, 0.05) is 11.8 Å². The molecule has 0 saturated heterocycles. The molecule has 2 N–H and O–H groups in total. The number of nitrogen functional groups attached to an aromatic ring is 1. The first-order valence-electron chi connectivity index (χ1n) is 5.70. The fraction of sp³-hybridized carbons (Fsp3) is 0.143. The Hall–Kier alpha value is -2.36. The third-order valence-corrected chi connectivity index (χ3v) is 2.53. The summed E-state index contributed by atoms with van der Waals surface area (Å²) in [7, 11) is 0. The van der Waals surface area contributed by atoms with Crippen LogP contribution in [0.15, 0.2) is 42.7 Å². The standard InChI is InChI=1S/C14H14N2O2/c1-2-18-14(17)11-8-16-9-12(15)13(11)10-6-4-3-5-7-10/h3-9H,2,15H2,1H3. The van der Waals surface area contributed by atoms with E-state index in [4.69, 9.17) is 10.5 Å². The van der Waals surface area contributed by atoms with Gasteiger partial charge in [-0.2, -0.15) is 0 Å². The minimum atomic E-state index is -0.406. The first-order valence-corrected chi connectivity index (χ1v) is 5.70. The van der Waals surface area contributed by atoms with Crippen molar-refractivity contribution in [2.75, 3.05) is 12.3 Å². The highest BCUT2D eigenvalue weighted by atomic mass is 16.5. The van der Waals surface area contributed by atoms with Crippen LogP contribution in [-0.2, 0) is 4.74 Å². The van der Waals surface area contributed by atoms with Crippen molar-refractivity contribution < 1.29 is 9.53 Å². The smallest absolute Gasteiger partial charge is 0.340 e. The Labute approximate surface area is 105 Å². The molecule has 4 heteroatoms. The molecule has 0 saturated carbocycles. The van der Waals surface area contributed by atoms with E-state index >= 15 is 0 Å². The van der Waals surface area contributed by atoms with Crippen molar-refractivity contribution in [3.8, 4) is 11.1 Å². The van der Waals surface area contributed by atoms with Gasteiger partial charge in [-0.3, -0.25) is 4.98 Å². The van der Waals surface area contributed by atoms with Gasteiger partial charge in [-0.25, -0.2) is 4.79 Å². The highest BCUT2D eigenvalue weighted by Gasteiger charge is 2.16. The van der Waals surface area contributed by atoms with Crippen LogP contribution in [0.3, 0.4) is 0 Å². The summed E-state index contributed by atoms with van der Waals surface area (Å²) in [5.74, 6) is -0.406. The normalized spacial score (nSPS) is 10.1. The summed E-state index contributed by atoms with van der Waals surface area (Å²) in [5, 5.41) is 0. The van der Waals surface area contributed by atoms with Gasteiger partial charge in [0.05, 0.1) is 24.1 Å². The van der Waals surface area contributed by atoms with Gasteiger partial charge in [0.2, 0.25) is 0 Å². The quantitative estimate of drug-likeness (QED) is 0.840. The van der Waals surface area contributed by atoms with Crippen LogP contribution in [-0.4, -0.2) is 17.6 Å². The molecule has 0 atom stereocenters. The van der Waals surface area contributed by atoms with Crippen LogP contribution in [0.5, 0.6) is 0 Å². The van der Waals surface area contributed by atoms with Crippen LogP contribution in [0.1, 0.15) is 17.3 Å². The number of esters is 1. The van der Waals surface area contributed by atoms with Crippen molar-refractivity contribution in [1.82, 2.24) is 4.98 Å². The van der Waals surface area contributed by atoms with Crippen molar-refractivity contribution in [1.29, 1.82) is 0 Å². The number of aromatic nitrogens is 1. The first-order chi connectivity index (χ1) is 8.74. The molecule has 2 rings (SSSR count). The zero-order chi connectivity index (χ0) is 13.0. The molecule has 0 aliphatic rings. The van der Waals surface area contributed by atoms with Crippen LogP contribution >= 0.6 is 0 Å². The molecule has 0 amide bonds. The predicted octanol–water partition coefficient (Wildman–Crippen LogP) is 2.51. The maximum atomic E-state index is 11.9. The van der Waals surface area contributed by atoms with Gasteiger partial charge in [0.15, 0.2) is 0 Å². The molecule has 4 nitrogen and oxygen atoms in total. The first kappa shape index (κ1) is 12.1. The molecule has 0 radical (unpaired) electrons. The van der Waals surface area contributed by atoms with Gasteiger partial charge >= 0.3 is 5.97 Å². The summed E-state index contributed by atoms with van der Waals surface area (Å²) in [5.41, 5.74) is 8.32. The Morgan fingerprint density at radius 1 is 1.28 bits per heavy atom. The molecule has 92 valence electrons. The number of carbonyl (C=O) groups excluding carboxylic acids is 1. The van der Waals surface area contributed by atoms with Crippen LogP contribution in [0.2, 0.25) is 0 Å². The molecule has 0 spiro atoms. The molecule has 1 aromatic carbocycles. The molecule has 2 aromatic rings. The number of rotatable bonds is 3. The largest absolute Gasteiger partial charge is 0.462 e. The summed E-state index contributed by atoms with van der Waals surface area (Å²) >= 11 is 0. The Morgan fingerprint density at radius 3 is 2.67 bits per heavy atom. The second-order valence-electron chi connectivity index (χ2n) is 3.74. The van der Waals surface area contributed by atoms with E-state index in [-0.39, 0.29) is 0 Å². The second-order valence-corrected chi connectivity index (χ2v) is 3.74. The number of pyridine rings is 1. The van der Waals surface area contributed by atoms with E-state index in [0.29, 0.717) is 23.4 Å². The summed E-state index contributed by atoms with van der Waals surface area (Å²) in [6, 6.07) is 9.49. The van der Waals surface area contributed by atoms with Crippen molar-refractivity contribution in [2.24, 2.45) is 0 Å². The number of nitrogens with zero attached hydrogens (tertiary/aromatic N) is 1. The maximum absolute atomic E-state index is 11.9. The monoisotopic (exact) mass is 242 g/mol. The number of carbonyl (C=O) groups is 1. The lowest BCUT2D eigenvalue weighted by Crippen LogP contribution is -2.08. The third kappa shape index (κ3) is 2.32. The Bertz CT molecular complexity index is 553. The van der Waals surface area contributed by atoms with Gasteiger partial charge in [-0.05, 0) is 12.5 Å². The Balaban J connectivity index is 2.55. The summed E-state index contributed by atoms with van der Waals surface area (Å²) in [6.45, 7) is 2.08. The number of hydrogen-bond donors (Lipinski definition) is 1. The van der Waals surface area contributed by atoms with Crippen molar-refractivity contribution in [2.45, 2.75) is 6.92 Å². The zero-order valence-corrected chi connectivity index (χ0v) is 10.1. The molecule has 0 aliphatic carbocycles. The third-order valence-electron chi connectivity index (χ3n) is 2.53. The number of nitrogens with two attached hydrogens (primary N) is 1. The van der Waals surface area contributed by atoms with Gasteiger partial charge < -0.3 is 10.5 Å². The van der Waals surface area contributed by atoms with Crippen LogP contribution < -0.4 is 5.73 Å². The van der Waals surface area contributed by atoms with Gasteiger partial charge in [-0.1, -0.05) is 30.3 Å². The second kappa shape index (κ2) is 5.31. The number of benzene rings is 1. The average Bonchev–Trinajstić information content (AvgIpc) is 2.39. The van der Waals surface area contributed by atoms with E-state index in [1.54, 1.807) is 6.92 Å². The highest BCUT2D eigenvalue weighted by molar-refractivity contribution is 6.00. The Kier molecular flexibility index (Phi) is 3.57. The molecule has 0 unspecified atom stereocenters. The SMILES string of the molecule is CCOC(=O)c1cncc(N)c1-c1ccccc1. The summed E-state index contributed by atoms with van der Waals surface area (Å²) < 4.78 is 5.01. The zero-order valence-electron chi connectivity index (χ0n) is 10.1. The lowest BCUT2D eigenvalue weighted by molar-refractivity contribution is 0.0527. The molecular formula is C14H14N2O2. The predicted molar refractivity (Wildman–Crippen MR) is 70.0 cm³/mol. The van der Waals surface area contributed by atoms with E-state index in [9.17, 15) is 4.79 Å². The molecule has 0 bridgehead atoms. The van der Waals surface area contributed by atoms with Gasteiger partial charge in [0.1, 0.15) is 0 Å². The van der Waals surface area contributed by atoms with E-state index < -0.39 is 5.97 Å². The average molecular weight is 242 g/mol. The minimum Gasteiger partial charge on any atom is -0.462 e. The fourth-order valence-corrected chi connectivity index (χ4v) is 1.77. The summed E-state index contributed by atoms with van der Waals surface area (Å²) in [4.78, 5) is 15.8. The highest BCUT2D eigenvalue weighted by Crippen LogP contribution is 2.29. The van der Waals surface area contributed by atoms with Crippen molar-refractivity contribution in [3.05, 3.63) is 48.3 Å². The van der Waals surface area contributed by atoms with Gasteiger partial charge in [0.25, 0.3) is 0 Å². The van der Waals surface area contributed by atoms with Crippen molar-refractivity contribution >= 4 is 11.7 Å².